The molecule has 0 saturated carbocycles. The predicted octanol–water partition coefficient (Wildman–Crippen LogP) is 4.05. The zero-order chi connectivity index (χ0) is 16.1. The number of benzene rings is 1. The van der Waals surface area contributed by atoms with Gasteiger partial charge in [-0.1, -0.05) is 36.2 Å². The number of likely N-dealkylation sites (tertiary alicyclic amines) is 1. The van der Waals surface area contributed by atoms with Crippen molar-refractivity contribution in [3.8, 4) is 0 Å². The zero-order valence-corrected chi connectivity index (χ0v) is 16.0. The van der Waals surface area contributed by atoms with E-state index in [2.05, 4.69) is 5.32 Å². The van der Waals surface area contributed by atoms with E-state index in [1.54, 1.807) is 6.07 Å². The van der Waals surface area contributed by atoms with Crippen molar-refractivity contribution in [3.05, 3.63) is 33.8 Å². The van der Waals surface area contributed by atoms with Crippen molar-refractivity contribution in [2.24, 2.45) is 11.8 Å². The highest BCUT2D eigenvalue weighted by molar-refractivity contribution is 6.35. The van der Waals surface area contributed by atoms with E-state index >= 15 is 0 Å². The Labute approximate surface area is 155 Å². The second-order valence-electron chi connectivity index (χ2n) is 6.17. The summed E-state index contributed by atoms with van der Waals surface area (Å²) in [4.78, 5) is 14.6. The molecular formula is C17H25Cl3N2O. The van der Waals surface area contributed by atoms with Crippen LogP contribution in [0.2, 0.25) is 10.0 Å². The summed E-state index contributed by atoms with van der Waals surface area (Å²) in [6.45, 7) is 4.75. The Kier molecular flexibility index (Phi) is 8.70. The van der Waals surface area contributed by atoms with E-state index in [9.17, 15) is 4.79 Å². The van der Waals surface area contributed by atoms with Gasteiger partial charge in [0.2, 0.25) is 5.91 Å². The van der Waals surface area contributed by atoms with Gasteiger partial charge < -0.3 is 10.2 Å². The van der Waals surface area contributed by atoms with Gasteiger partial charge in [0, 0.05) is 29.1 Å². The molecule has 1 unspecified atom stereocenters. The summed E-state index contributed by atoms with van der Waals surface area (Å²) >= 11 is 12.1. The molecule has 1 aromatic carbocycles. The number of piperidine rings is 1. The predicted molar refractivity (Wildman–Crippen MR) is 99.8 cm³/mol. The molecule has 1 N–H and O–H groups in total. The van der Waals surface area contributed by atoms with Crippen LogP contribution in [0, 0.1) is 11.8 Å². The van der Waals surface area contributed by atoms with Crippen molar-refractivity contribution >= 4 is 41.5 Å². The van der Waals surface area contributed by atoms with E-state index in [-0.39, 0.29) is 24.2 Å². The van der Waals surface area contributed by atoms with Crippen molar-refractivity contribution in [2.45, 2.75) is 26.2 Å². The van der Waals surface area contributed by atoms with Crippen LogP contribution in [-0.4, -0.2) is 37.5 Å². The van der Waals surface area contributed by atoms with Crippen molar-refractivity contribution in [2.75, 3.05) is 26.7 Å². The van der Waals surface area contributed by atoms with Crippen molar-refractivity contribution < 1.29 is 4.79 Å². The molecule has 1 amide bonds. The fraction of sp³-hybridized carbons (Fsp3) is 0.588. The molecule has 1 aliphatic rings. The third kappa shape index (κ3) is 5.82. The molecule has 0 radical (unpaired) electrons. The van der Waals surface area contributed by atoms with Gasteiger partial charge >= 0.3 is 0 Å². The molecule has 130 valence electrons. The van der Waals surface area contributed by atoms with Crippen LogP contribution in [0.4, 0.5) is 0 Å². The maximum atomic E-state index is 12.6. The van der Waals surface area contributed by atoms with E-state index < -0.39 is 0 Å². The first-order chi connectivity index (χ1) is 10.5. The fourth-order valence-electron chi connectivity index (χ4n) is 3.06. The Morgan fingerprint density at radius 3 is 2.57 bits per heavy atom. The minimum absolute atomic E-state index is 0. The maximum Gasteiger partial charge on any atom is 0.225 e. The van der Waals surface area contributed by atoms with E-state index in [4.69, 9.17) is 23.2 Å². The quantitative estimate of drug-likeness (QED) is 0.837. The highest BCUT2D eigenvalue weighted by atomic mass is 35.5. The molecule has 2 rings (SSSR count). The topological polar surface area (TPSA) is 32.3 Å². The molecule has 1 atom stereocenters. The van der Waals surface area contributed by atoms with Crippen molar-refractivity contribution in [3.63, 3.8) is 0 Å². The molecular weight excluding hydrogens is 355 g/mol. The van der Waals surface area contributed by atoms with E-state index in [0.29, 0.717) is 22.4 Å². The zero-order valence-electron chi connectivity index (χ0n) is 13.6. The Bertz CT molecular complexity index is 517. The number of carbonyl (C=O) groups excluding carboxylic acids is 1. The van der Waals surface area contributed by atoms with Gasteiger partial charge in [0.05, 0.1) is 0 Å². The SMILES string of the molecule is CNCC1CCN(C(=O)C(C)Cc2ccc(Cl)cc2Cl)CC1.Cl. The van der Waals surface area contributed by atoms with Gasteiger partial charge in [0.15, 0.2) is 0 Å². The summed E-state index contributed by atoms with van der Waals surface area (Å²) in [7, 11) is 1.98. The molecule has 0 spiro atoms. The lowest BCUT2D eigenvalue weighted by atomic mass is 9.94. The van der Waals surface area contributed by atoms with Gasteiger partial charge in [-0.2, -0.15) is 0 Å². The molecule has 3 nitrogen and oxygen atoms in total. The summed E-state index contributed by atoms with van der Waals surface area (Å²) in [6.07, 6.45) is 2.83. The first-order valence-corrected chi connectivity index (χ1v) is 8.64. The number of amides is 1. The lowest BCUT2D eigenvalue weighted by Crippen LogP contribution is -2.43. The van der Waals surface area contributed by atoms with E-state index in [1.807, 2.05) is 31.0 Å². The average Bonchev–Trinajstić information content (AvgIpc) is 2.50. The third-order valence-electron chi connectivity index (χ3n) is 4.38. The highest BCUT2D eigenvalue weighted by Crippen LogP contribution is 2.25. The van der Waals surface area contributed by atoms with Gasteiger partial charge in [-0.15, -0.1) is 12.4 Å². The molecule has 0 bridgehead atoms. The number of hydrogen-bond acceptors (Lipinski definition) is 2. The molecule has 0 aromatic heterocycles. The Morgan fingerprint density at radius 1 is 1.35 bits per heavy atom. The number of hydrogen-bond donors (Lipinski definition) is 1. The van der Waals surface area contributed by atoms with Crippen LogP contribution in [-0.2, 0) is 11.2 Å². The molecule has 1 saturated heterocycles. The summed E-state index contributed by atoms with van der Waals surface area (Å²) < 4.78 is 0. The normalized spacial score (nSPS) is 16.8. The molecule has 0 aliphatic carbocycles. The second kappa shape index (κ2) is 9.73. The van der Waals surface area contributed by atoms with Gasteiger partial charge in [-0.05, 0) is 56.5 Å². The monoisotopic (exact) mass is 378 g/mol. The lowest BCUT2D eigenvalue weighted by molar-refractivity contribution is -0.136. The fourth-order valence-corrected chi connectivity index (χ4v) is 3.55. The molecule has 6 heteroatoms. The first-order valence-electron chi connectivity index (χ1n) is 7.88. The third-order valence-corrected chi connectivity index (χ3v) is 4.97. The minimum Gasteiger partial charge on any atom is -0.342 e. The van der Waals surface area contributed by atoms with Crippen LogP contribution in [0.1, 0.15) is 25.3 Å². The second-order valence-corrected chi connectivity index (χ2v) is 7.01. The van der Waals surface area contributed by atoms with Gasteiger partial charge in [-0.3, -0.25) is 4.79 Å². The summed E-state index contributed by atoms with van der Waals surface area (Å²) in [5.41, 5.74) is 0.983. The minimum atomic E-state index is -0.0560. The van der Waals surface area contributed by atoms with Crippen LogP contribution in [0.5, 0.6) is 0 Å². The van der Waals surface area contributed by atoms with Crippen LogP contribution in [0.25, 0.3) is 0 Å². The smallest absolute Gasteiger partial charge is 0.225 e. The average molecular weight is 380 g/mol. The molecule has 23 heavy (non-hydrogen) atoms. The lowest BCUT2D eigenvalue weighted by Gasteiger charge is -2.33. The van der Waals surface area contributed by atoms with Crippen molar-refractivity contribution in [1.29, 1.82) is 0 Å². The van der Waals surface area contributed by atoms with Gasteiger partial charge in [0.1, 0.15) is 0 Å². The summed E-state index contributed by atoms with van der Waals surface area (Å²) in [5.74, 6) is 0.864. The Morgan fingerprint density at radius 2 is 2.00 bits per heavy atom. The van der Waals surface area contributed by atoms with Crippen LogP contribution in [0.15, 0.2) is 18.2 Å². The standard InChI is InChI=1S/C17H24Cl2N2O.ClH/c1-12(9-14-3-4-15(18)10-16(14)19)17(22)21-7-5-13(6-8-21)11-20-2;/h3-4,10,12-13,20H,5-9,11H2,1-2H3;1H. The molecule has 1 heterocycles. The Balaban J connectivity index is 0.00000264. The van der Waals surface area contributed by atoms with Crippen LogP contribution >= 0.6 is 35.6 Å². The van der Waals surface area contributed by atoms with Crippen LogP contribution in [0.3, 0.4) is 0 Å². The van der Waals surface area contributed by atoms with E-state index in [1.165, 1.54) is 0 Å². The van der Waals surface area contributed by atoms with Gasteiger partial charge in [-0.25, -0.2) is 0 Å². The van der Waals surface area contributed by atoms with Crippen molar-refractivity contribution in [1.82, 2.24) is 10.2 Å². The maximum absolute atomic E-state index is 12.6. The van der Waals surface area contributed by atoms with E-state index in [0.717, 1.165) is 38.0 Å². The number of nitrogens with zero attached hydrogens (tertiary/aromatic N) is 1. The number of rotatable bonds is 5. The first kappa shape index (κ1) is 20.6. The summed E-state index contributed by atoms with van der Waals surface area (Å²) in [5, 5.41) is 4.48. The van der Waals surface area contributed by atoms with Gasteiger partial charge in [0.25, 0.3) is 0 Å². The highest BCUT2D eigenvalue weighted by Gasteiger charge is 2.26. The summed E-state index contributed by atoms with van der Waals surface area (Å²) in [6, 6.07) is 5.47. The number of halogens is 3. The number of nitrogens with one attached hydrogen (secondary N) is 1. The largest absolute Gasteiger partial charge is 0.342 e. The molecule has 1 aliphatic heterocycles. The molecule has 1 aromatic rings. The Hall–Kier alpha value is -0.480. The number of carbonyl (C=O) groups is 1. The molecule has 1 fully saturated rings. The van der Waals surface area contributed by atoms with Crippen LogP contribution < -0.4 is 5.32 Å².